The standard InChI is InChI=1S/C10H18N4S/c1-7-9(13(3)4)5-6-14(7)10-11-8(2)12-15-10/h7,9H,5-6H2,1-4H3/t7-,9-/m1/s1. The van der Waals surface area contributed by atoms with E-state index in [0.717, 1.165) is 17.5 Å². The van der Waals surface area contributed by atoms with Gasteiger partial charge in [0.1, 0.15) is 5.82 Å². The van der Waals surface area contributed by atoms with E-state index < -0.39 is 0 Å². The maximum absolute atomic E-state index is 4.45. The fourth-order valence-electron chi connectivity index (χ4n) is 2.29. The van der Waals surface area contributed by atoms with E-state index in [-0.39, 0.29) is 0 Å². The number of aryl methyl sites for hydroxylation is 1. The van der Waals surface area contributed by atoms with Gasteiger partial charge in [-0.05, 0) is 34.4 Å². The van der Waals surface area contributed by atoms with Crippen LogP contribution in [0.5, 0.6) is 0 Å². The van der Waals surface area contributed by atoms with Gasteiger partial charge in [-0.3, -0.25) is 0 Å². The molecule has 1 fully saturated rings. The molecule has 0 aromatic carbocycles. The molecule has 0 unspecified atom stereocenters. The van der Waals surface area contributed by atoms with E-state index in [4.69, 9.17) is 0 Å². The van der Waals surface area contributed by atoms with Gasteiger partial charge in [0.15, 0.2) is 0 Å². The van der Waals surface area contributed by atoms with Crippen molar-refractivity contribution in [2.75, 3.05) is 25.5 Å². The summed E-state index contributed by atoms with van der Waals surface area (Å²) >= 11 is 1.51. The molecule has 84 valence electrons. The van der Waals surface area contributed by atoms with Crippen molar-refractivity contribution in [2.24, 2.45) is 0 Å². The first-order valence-corrected chi connectivity index (χ1v) is 6.10. The molecule has 5 heteroatoms. The summed E-state index contributed by atoms with van der Waals surface area (Å²) in [6.45, 7) is 5.32. The zero-order chi connectivity index (χ0) is 11.0. The molecule has 1 aromatic rings. The van der Waals surface area contributed by atoms with E-state index in [1.807, 2.05) is 6.92 Å². The van der Waals surface area contributed by atoms with Gasteiger partial charge in [-0.15, -0.1) is 0 Å². The summed E-state index contributed by atoms with van der Waals surface area (Å²) in [6, 6.07) is 1.17. The van der Waals surface area contributed by atoms with Gasteiger partial charge in [-0.25, -0.2) is 4.98 Å². The maximum Gasteiger partial charge on any atom is 0.205 e. The lowest BCUT2D eigenvalue weighted by Gasteiger charge is -2.27. The fourth-order valence-corrected chi connectivity index (χ4v) is 3.08. The van der Waals surface area contributed by atoms with E-state index in [1.54, 1.807) is 0 Å². The second-order valence-corrected chi connectivity index (χ2v) is 5.11. The number of aromatic nitrogens is 2. The molecular weight excluding hydrogens is 208 g/mol. The van der Waals surface area contributed by atoms with Crippen LogP contribution in [0.15, 0.2) is 0 Å². The molecule has 0 saturated carbocycles. The molecule has 15 heavy (non-hydrogen) atoms. The minimum atomic E-state index is 0.535. The Balaban J connectivity index is 2.13. The predicted octanol–water partition coefficient (Wildman–Crippen LogP) is 1.38. The smallest absolute Gasteiger partial charge is 0.205 e. The summed E-state index contributed by atoms with van der Waals surface area (Å²) in [5.74, 6) is 0.885. The third kappa shape index (κ3) is 1.99. The van der Waals surface area contributed by atoms with Crippen molar-refractivity contribution in [1.82, 2.24) is 14.3 Å². The Hall–Kier alpha value is -0.680. The number of hydrogen-bond donors (Lipinski definition) is 0. The number of likely N-dealkylation sites (N-methyl/N-ethyl adjacent to an activating group) is 1. The molecule has 4 nitrogen and oxygen atoms in total. The predicted molar refractivity (Wildman–Crippen MR) is 63.5 cm³/mol. The summed E-state index contributed by atoms with van der Waals surface area (Å²) in [5.41, 5.74) is 0. The van der Waals surface area contributed by atoms with Crippen molar-refractivity contribution in [3.63, 3.8) is 0 Å². The number of rotatable bonds is 2. The zero-order valence-corrected chi connectivity index (χ0v) is 10.6. The largest absolute Gasteiger partial charge is 0.343 e. The Morgan fingerprint density at radius 2 is 2.20 bits per heavy atom. The highest BCUT2D eigenvalue weighted by atomic mass is 32.1. The van der Waals surface area contributed by atoms with Crippen molar-refractivity contribution in [3.05, 3.63) is 5.82 Å². The quantitative estimate of drug-likeness (QED) is 0.762. The first kappa shape index (κ1) is 10.8. The van der Waals surface area contributed by atoms with Crippen molar-refractivity contribution < 1.29 is 0 Å². The first-order valence-electron chi connectivity index (χ1n) is 5.33. The second kappa shape index (κ2) is 4.06. The van der Waals surface area contributed by atoms with Crippen LogP contribution in [-0.2, 0) is 0 Å². The Morgan fingerprint density at radius 3 is 2.67 bits per heavy atom. The second-order valence-electron chi connectivity index (χ2n) is 4.38. The zero-order valence-electron chi connectivity index (χ0n) is 9.77. The van der Waals surface area contributed by atoms with Crippen LogP contribution in [0.3, 0.4) is 0 Å². The van der Waals surface area contributed by atoms with Crippen LogP contribution < -0.4 is 4.90 Å². The molecule has 2 atom stereocenters. The average molecular weight is 226 g/mol. The Bertz CT molecular complexity index is 336. The van der Waals surface area contributed by atoms with E-state index in [2.05, 4.69) is 40.2 Å². The lowest BCUT2D eigenvalue weighted by atomic mass is 10.1. The molecule has 1 aromatic heterocycles. The van der Waals surface area contributed by atoms with E-state index in [1.165, 1.54) is 18.0 Å². The summed E-state index contributed by atoms with van der Waals surface area (Å²) in [6.07, 6.45) is 1.22. The van der Waals surface area contributed by atoms with E-state index in [0.29, 0.717) is 12.1 Å². The van der Waals surface area contributed by atoms with E-state index >= 15 is 0 Å². The third-order valence-corrected chi connectivity index (χ3v) is 3.98. The molecule has 2 heterocycles. The van der Waals surface area contributed by atoms with Crippen LogP contribution in [0.2, 0.25) is 0 Å². The number of nitrogens with zero attached hydrogens (tertiary/aromatic N) is 4. The highest BCUT2D eigenvalue weighted by molar-refractivity contribution is 7.09. The summed E-state index contributed by atoms with van der Waals surface area (Å²) in [5, 5.41) is 1.07. The van der Waals surface area contributed by atoms with Crippen LogP contribution in [0.1, 0.15) is 19.2 Å². The van der Waals surface area contributed by atoms with Gasteiger partial charge >= 0.3 is 0 Å². The van der Waals surface area contributed by atoms with Gasteiger partial charge in [0.2, 0.25) is 5.13 Å². The summed E-state index contributed by atoms with van der Waals surface area (Å²) < 4.78 is 4.24. The molecule has 2 rings (SSSR count). The maximum atomic E-state index is 4.45. The van der Waals surface area contributed by atoms with Crippen molar-refractivity contribution in [3.8, 4) is 0 Å². The van der Waals surface area contributed by atoms with Gasteiger partial charge in [-0.1, -0.05) is 0 Å². The van der Waals surface area contributed by atoms with Crippen LogP contribution in [-0.4, -0.2) is 47.0 Å². The van der Waals surface area contributed by atoms with Crippen molar-refractivity contribution in [1.29, 1.82) is 0 Å². The molecule has 0 radical (unpaired) electrons. The molecule has 0 amide bonds. The highest BCUT2D eigenvalue weighted by Crippen LogP contribution is 2.28. The molecule has 0 aliphatic carbocycles. The summed E-state index contributed by atoms with van der Waals surface area (Å²) in [7, 11) is 4.30. The van der Waals surface area contributed by atoms with Gasteiger partial charge in [0, 0.05) is 30.2 Å². The average Bonchev–Trinajstić information content (AvgIpc) is 2.71. The Kier molecular flexibility index (Phi) is 2.93. The molecular formula is C10H18N4S. The third-order valence-electron chi connectivity index (χ3n) is 3.14. The highest BCUT2D eigenvalue weighted by Gasteiger charge is 2.33. The summed E-state index contributed by atoms with van der Waals surface area (Å²) in [4.78, 5) is 9.13. The normalized spacial score (nSPS) is 26.6. The first-order chi connectivity index (χ1) is 7.09. The van der Waals surface area contributed by atoms with Gasteiger partial charge in [0.05, 0.1) is 0 Å². The minimum Gasteiger partial charge on any atom is -0.343 e. The van der Waals surface area contributed by atoms with Crippen LogP contribution in [0.25, 0.3) is 0 Å². The van der Waals surface area contributed by atoms with Crippen molar-refractivity contribution >= 4 is 16.7 Å². The number of hydrogen-bond acceptors (Lipinski definition) is 5. The van der Waals surface area contributed by atoms with Crippen LogP contribution in [0.4, 0.5) is 5.13 Å². The van der Waals surface area contributed by atoms with Crippen LogP contribution in [0, 0.1) is 6.92 Å². The minimum absolute atomic E-state index is 0.535. The van der Waals surface area contributed by atoms with Gasteiger partial charge < -0.3 is 9.80 Å². The molecule has 1 saturated heterocycles. The molecule has 0 bridgehead atoms. The molecule has 1 aliphatic rings. The lowest BCUT2D eigenvalue weighted by molar-refractivity contribution is 0.283. The molecule has 0 spiro atoms. The Labute approximate surface area is 95.1 Å². The van der Waals surface area contributed by atoms with Crippen LogP contribution >= 0.6 is 11.5 Å². The van der Waals surface area contributed by atoms with Gasteiger partial charge in [-0.2, -0.15) is 4.37 Å². The molecule has 1 aliphatic heterocycles. The monoisotopic (exact) mass is 226 g/mol. The lowest BCUT2D eigenvalue weighted by Crippen LogP contribution is -2.39. The van der Waals surface area contributed by atoms with Crippen molar-refractivity contribution in [2.45, 2.75) is 32.4 Å². The Morgan fingerprint density at radius 1 is 1.47 bits per heavy atom. The molecule has 0 N–H and O–H groups in total. The topological polar surface area (TPSA) is 32.3 Å². The fraction of sp³-hybridized carbons (Fsp3) is 0.800. The number of anilines is 1. The van der Waals surface area contributed by atoms with Gasteiger partial charge in [0.25, 0.3) is 0 Å². The van der Waals surface area contributed by atoms with E-state index in [9.17, 15) is 0 Å². The SMILES string of the molecule is Cc1nsc(N2CC[C@@H](N(C)C)[C@H]2C)n1.